The molecule has 0 unspecified atom stereocenters. The van der Waals surface area contributed by atoms with E-state index < -0.39 is 0 Å². The van der Waals surface area contributed by atoms with Gasteiger partial charge in [0.25, 0.3) is 0 Å². The first-order chi connectivity index (χ1) is 4.52. The molecule has 1 heterocycles. The fourth-order valence-electron chi connectivity index (χ4n) is 0.836. The number of rotatable bonds is 0. The van der Waals surface area contributed by atoms with Gasteiger partial charge in [0.15, 0.2) is 3.77 Å². The number of hydrogen-bond acceptors (Lipinski definition) is 1. The molecule has 1 aromatic heterocycles. The van der Waals surface area contributed by atoms with E-state index in [1.54, 1.807) is 6.26 Å². The SMILES string of the molecule is CC(C)(C)c1ccoc1I. The van der Waals surface area contributed by atoms with Crippen molar-refractivity contribution < 1.29 is 4.42 Å². The topological polar surface area (TPSA) is 13.1 Å². The van der Waals surface area contributed by atoms with Crippen molar-refractivity contribution in [3.8, 4) is 0 Å². The van der Waals surface area contributed by atoms with E-state index in [4.69, 9.17) is 4.42 Å². The van der Waals surface area contributed by atoms with Crippen LogP contribution in [0.15, 0.2) is 16.7 Å². The van der Waals surface area contributed by atoms with Crippen molar-refractivity contribution in [3.05, 3.63) is 21.7 Å². The molecule has 0 aliphatic rings. The summed E-state index contributed by atoms with van der Waals surface area (Å²) in [5, 5.41) is 0. The predicted molar refractivity (Wildman–Crippen MR) is 50.1 cm³/mol. The monoisotopic (exact) mass is 250 g/mol. The molecule has 0 N–H and O–H groups in total. The van der Waals surface area contributed by atoms with E-state index >= 15 is 0 Å². The average Bonchev–Trinajstić information content (AvgIpc) is 2.11. The van der Waals surface area contributed by atoms with Gasteiger partial charge in [-0.15, -0.1) is 0 Å². The van der Waals surface area contributed by atoms with Crippen LogP contribution in [0.3, 0.4) is 0 Å². The summed E-state index contributed by atoms with van der Waals surface area (Å²) < 4.78 is 6.18. The minimum absolute atomic E-state index is 0.212. The summed E-state index contributed by atoms with van der Waals surface area (Å²) in [6.45, 7) is 6.54. The Bertz CT molecular complexity index is 219. The average molecular weight is 250 g/mol. The summed E-state index contributed by atoms with van der Waals surface area (Å²) in [6, 6.07) is 2.03. The summed E-state index contributed by atoms with van der Waals surface area (Å²) in [6.07, 6.45) is 1.74. The Labute approximate surface area is 74.9 Å². The van der Waals surface area contributed by atoms with Crippen LogP contribution in [0.5, 0.6) is 0 Å². The molecule has 0 amide bonds. The third kappa shape index (κ3) is 1.54. The van der Waals surface area contributed by atoms with Gasteiger partial charge in [0, 0.05) is 5.56 Å². The van der Waals surface area contributed by atoms with Gasteiger partial charge in [-0.2, -0.15) is 0 Å². The minimum Gasteiger partial charge on any atom is -0.458 e. The lowest BCUT2D eigenvalue weighted by atomic mass is 9.89. The van der Waals surface area contributed by atoms with E-state index in [1.165, 1.54) is 5.56 Å². The van der Waals surface area contributed by atoms with Crippen LogP contribution >= 0.6 is 22.6 Å². The van der Waals surface area contributed by atoms with Gasteiger partial charge in [0.2, 0.25) is 0 Å². The van der Waals surface area contributed by atoms with Crippen LogP contribution in [-0.2, 0) is 5.41 Å². The number of furan rings is 1. The van der Waals surface area contributed by atoms with E-state index in [2.05, 4.69) is 43.4 Å². The largest absolute Gasteiger partial charge is 0.458 e. The Morgan fingerprint density at radius 1 is 1.40 bits per heavy atom. The normalized spacial score (nSPS) is 12.0. The van der Waals surface area contributed by atoms with Gasteiger partial charge in [-0.3, -0.25) is 0 Å². The number of halogens is 1. The first kappa shape index (κ1) is 8.11. The molecule has 0 bridgehead atoms. The maximum absolute atomic E-state index is 5.18. The number of hydrogen-bond donors (Lipinski definition) is 0. The first-order valence-corrected chi connectivity index (χ1v) is 4.33. The molecular weight excluding hydrogens is 239 g/mol. The molecule has 56 valence electrons. The van der Waals surface area contributed by atoms with Crippen LogP contribution in [0.1, 0.15) is 26.3 Å². The second-order valence-corrected chi connectivity index (χ2v) is 4.34. The molecule has 0 fully saturated rings. The standard InChI is InChI=1S/C8H11IO/c1-8(2,3)6-4-5-10-7(6)9/h4-5H,1-3H3. The van der Waals surface area contributed by atoms with E-state index in [0.717, 1.165) is 3.77 Å². The van der Waals surface area contributed by atoms with Crippen LogP contribution in [0.2, 0.25) is 0 Å². The fraction of sp³-hybridized carbons (Fsp3) is 0.500. The molecule has 1 rings (SSSR count). The molecule has 10 heavy (non-hydrogen) atoms. The molecule has 0 aromatic carbocycles. The Balaban J connectivity index is 3.05. The highest BCUT2D eigenvalue weighted by Gasteiger charge is 2.18. The highest BCUT2D eigenvalue weighted by atomic mass is 127. The zero-order valence-corrected chi connectivity index (χ0v) is 8.60. The van der Waals surface area contributed by atoms with Gasteiger partial charge >= 0.3 is 0 Å². The smallest absolute Gasteiger partial charge is 0.167 e. The summed E-state index contributed by atoms with van der Waals surface area (Å²) in [7, 11) is 0. The van der Waals surface area contributed by atoms with Crippen molar-refractivity contribution in [1.29, 1.82) is 0 Å². The molecule has 0 spiro atoms. The molecule has 0 saturated carbocycles. The van der Waals surface area contributed by atoms with Gasteiger partial charge in [-0.25, -0.2) is 0 Å². The zero-order chi connectivity index (χ0) is 7.78. The lowest BCUT2D eigenvalue weighted by molar-refractivity contribution is 0.509. The zero-order valence-electron chi connectivity index (χ0n) is 6.44. The third-order valence-electron chi connectivity index (χ3n) is 1.43. The van der Waals surface area contributed by atoms with Gasteiger partial charge in [-0.1, -0.05) is 20.8 Å². The van der Waals surface area contributed by atoms with Crippen LogP contribution < -0.4 is 0 Å². The molecular formula is C8H11IO. The summed E-state index contributed by atoms with van der Waals surface area (Å²) >= 11 is 2.21. The third-order valence-corrected chi connectivity index (χ3v) is 2.26. The van der Waals surface area contributed by atoms with E-state index in [1.807, 2.05) is 6.07 Å². The minimum atomic E-state index is 0.212. The van der Waals surface area contributed by atoms with Crippen LogP contribution in [0.25, 0.3) is 0 Å². The van der Waals surface area contributed by atoms with Crippen LogP contribution in [0, 0.1) is 3.77 Å². The molecule has 0 aliphatic heterocycles. The Kier molecular flexibility index (Phi) is 2.08. The molecule has 0 atom stereocenters. The maximum atomic E-state index is 5.18. The summed E-state index contributed by atoms with van der Waals surface area (Å²) in [4.78, 5) is 0. The van der Waals surface area contributed by atoms with Gasteiger partial charge in [0.1, 0.15) is 0 Å². The molecule has 1 nitrogen and oxygen atoms in total. The lowest BCUT2D eigenvalue weighted by Gasteiger charge is -2.15. The van der Waals surface area contributed by atoms with Crippen molar-refractivity contribution in [2.24, 2.45) is 0 Å². The highest BCUT2D eigenvalue weighted by Crippen LogP contribution is 2.27. The highest BCUT2D eigenvalue weighted by molar-refractivity contribution is 14.1. The summed E-state index contributed by atoms with van der Waals surface area (Å²) in [5.74, 6) is 0. The Hall–Kier alpha value is 0.01000. The maximum Gasteiger partial charge on any atom is 0.167 e. The molecule has 0 aliphatic carbocycles. The predicted octanol–water partition coefficient (Wildman–Crippen LogP) is 3.18. The van der Waals surface area contributed by atoms with Crippen molar-refractivity contribution in [2.75, 3.05) is 0 Å². The van der Waals surface area contributed by atoms with E-state index in [-0.39, 0.29) is 5.41 Å². The van der Waals surface area contributed by atoms with Crippen molar-refractivity contribution in [1.82, 2.24) is 0 Å². The van der Waals surface area contributed by atoms with Gasteiger partial charge in [0.05, 0.1) is 6.26 Å². The van der Waals surface area contributed by atoms with Crippen LogP contribution in [0.4, 0.5) is 0 Å². The summed E-state index contributed by atoms with van der Waals surface area (Å²) in [5.41, 5.74) is 1.50. The molecule has 0 saturated heterocycles. The molecule has 2 heteroatoms. The quantitative estimate of drug-likeness (QED) is 0.644. The van der Waals surface area contributed by atoms with E-state index in [9.17, 15) is 0 Å². The van der Waals surface area contributed by atoms with Crippen molar-refractivity contribution in [2.45, 2.75) is 26.2 Å². The Morgan fingerprint density at radius 2 is 2.00 bits per heavy atom. The van der Waals surface area contributed by atoms with Gasteiger partial charge < -0.3 is 4.42 Å². The first-order valence-electron chi connectivity index (χ1n) is 3.25. The van der Waals surface area contributed by atoms with Crippen molar-refractivity contribution >= 4 is 22.6 Å². The Morgan fingerprint density at radius 3 is 2.20 bits per heavy atom. The fourth-order valence-corrected chi connectivity index (χ4v) is 1.97. The molecule has 0 radical (unpaired) electrons. The van der Waals surface area contributed by atoms with Gasteiger partial charge in [-0.05, 0) is 34.1 Å². The second-order valence-electron chi connectivity index (χ2n) is 3.36. The van der Waals surface area contributed by atoms with Crippen LogP contribution in [-0.4, -0.2) is 0 Å². The molecule has 1 aromatic rings. The second kappa shape index (κ2) is 2.57. The van der Waals surface area contributed by atoms with E-state index in [0.29, 0.717) is 0 Å². The van der Waals surface area contributed by atoms with Crippen molar-refractivity contribution in [3.63, 3.8) is 0 Å². The lowest BCUT2D eigenvalue weighted by Crippen LogP contribution is -2.10.